The van der Waals surface area contributed by atoms with E-state index in [2.05, 4.69) is 40.5 Å². The fraction of sp³-hybridized carbons (Fsp3) is 0.474. The minimum Gasteiger partial charge on any atom is -0.392 e. The number of rotatable bonds is 23. The van der Waals surface area contributed by atoms with Crippen LogP contribution in [-0.2, 0) is 33.1 Å². The van der Waals surface area contributed by atoms with E-state index in [1.807, 2.05) is 6.92 Å². The molecular weight excluding hydrogens is 821 g/mol. The zero-order valence-electron chi connectivity index (χ0n) is 34.1. The summed E-state index contributed by atoms with van der Waals surface area (Å²) in [5.41, 5.74) is 1.65. The fourth-order valence-corrected chi connectivity index (χ4v) is 7.13. The molecule has 22 heteroatoms. The van der Waals surface area contributed by atoms with Crippen molar-refractivity contribution in [1.82, 2.24) is 29.9 Å². The van der Waals surface area contributed by atoms with Crippen molar-refractivity contribution < 1.29 is 46.4 Å². The molecular formula is C38H54N10O10S2. The van der Waals surface area contributed by atoms with Crippen LogP contribution in [0.15, 0.2) is 47.4 Å². The van der Waals surface area contributed by atoms with Gasteiger partial charge in [0.25, 0.3) is 20.2 Å². The van der Waals surface area contributed by atoms with Gasteiger partial charge in [-0.05, 0) is 75.9 Å². The third-order valence-corrected chi connectivity index (χ3v) is 10.0. The summed E-state index contributed by atoms with van der Waals surface area (Å²) in [5, 5.41) is 46.4. The molecule has 0 radical (unpaired) electrons. The first-order valence-corrected chi connectivity index (χ1v) is 22.3. The Kier molecular flexibility index (Phi) is 17.1. The Bertz CT molecular complexity index is 2260. The van der Waals surface area contributed by atoms with E-state index in [-0.39, 0.29) is 84.8 Å². The molecule has 0 amide bonds. The number of hydrogen-bond donors (Lipinski definition) is 8. The number of aryl methyl sites for hydroxylation is 2. The summed E-state index contributed by atoms with van der Waals surface area (Å²) in [6.45, 7) is 8.79. The summed E-state index contributed by atoms with van der Waals surface area (Å²) in [5.74, 6) is 0.725. The molecule has 4 aromatic rings. The third kappa shape index (κ3) is 15.9. The van der Waals surface area contributed by atoms with Gasteiger partial charge >= 0.3 is 0 Å². The average molecular weight is 875 g/mol. The van der Waals surface area contributed by atoms with Gasteiger partial charge in [0, 0.05) is 50.4 Å². The van der Waals surface area contributed by atoms with Gasteiger partial charge in [0.2, 0.25) is 23.8 Å². The summed E-state index contributed by atoms with van der Waals surface area (Å²) < 4.78 is 67.1. The number of benzene rings is 2. The molecule has 2 heterocycles. The molecule has 2 aromatic carbocycles. The van der Waals surface area contributed by atoms with Gasteiger partial charge in [-0.2, -0.15) is 46.7 Å². The van der Waals surface area contributed by atoms with Gasteiger partial charge < -0.3 is 40.9 Å². The first kappa shape index (κ1) is 47.7. The Balaban J connectivity index is 1.58. The number of hydrogen-bond acceptors (Lipinski definition) is 18. The van der Waals surface area contributed by atoms with Gasteiger partial charge in [-0.15, -0.1) is 0 Å². The number of aromatic nitrogens is 6. The van der Waals surface area contributed by atoms with Crippen LogP contribution in [0.5, 0.6) is 0 Å². The van der Waals surface area contributed by atoms with Gasteiger partial charge in [-0.1, -0.05) is 37.3 Å². The van der Waals surface area contributed by atoms with Crippen molar-refractivity contribution in [3.63, 3.8) is 0 Å². The number of aliphatic hydroxyl groups excluding tert-OH is 4. The first-order valence-electron chi connectivity index (χ1n) is 19.3. The number of nitrogens with one attached hydrogen (secondary N) is 2. The zero-order valence-corrected chi connectivity index (χ0v) is 35.7. The molecule has 0 saturated carbocycles. The lowest BCUT2D eigenvalue weighted by molar-refractivity contribution is 0.176. The Labute approximate surface area is 350 Å². The van der Waals surface area contributed by atoms with Crippen molar-refractivity contribution in [2.75, 3.05) is 52.4 Å². The molecule has 0 spiro atoms. The van der Waals surface area contributed by atoms with Crippen molar-refractivity contribution in [3.8, 4) is 0 Å². The molecule has 0 aliphatic heterocycles. The van der Waals surface area contributed by atoms with Crippen LogP contribution in [0.4, 0.5) is 35.2 Å². The smallest absolute Gasteiger partial charge is 0.295 e. The monoisotopic (exact) mass is 874 g/mol. The van der Waals surface area contributed by atoms with E-state index >= 15 is 0 Å². The predicted molar refractivity (Wildman–Crippen MR) is 228 cm³/mol. The van der Waals surface area contributed by atoms with Gasteiger partial charge in [0.05, 0.1) is 30.2 Å². The van der Waals surface area contributed by atoms with Crippen LogP contribution in [0.25, 0.3) is 12.2 Å². The topological polar surface area (TPSA) is 298 Å². The maximum atomic E-state index is 12.6. The van der Waals surface area contributed by atoms with Crippen LogP contribution < -0.4 is 20.4 Å². The van der Waals surface area contributed by atoms with E-state index in [1.54, 1.807) is 73.9 Å². The quantitative estimate of drug-likeness (QED) is 0.0392. The molecule has 20 nitrogen and oxygen atoms in total. The summed E-state index contributed by atoms with van der Waals surface area (Å²) in [7, 11) is -8.92. The third-order valence-electron chi connectivity index (χ3n) is 8.29. The van der Waals surface area contributed by atoms with E-state index in [1.165, 1.54) is 18.2 Å². The highest BCUT2D eigenvalue weighted by Gasteiger charge is 2.21. The van der Waals surface area contributed by atoms with Crippen LogP contribution >= 0.6 is 0 Å². The molecule has 4 atom stereocenters. The molecule has 0 fully saturated rings. The van der Waals surface area contributed by atoms with Crippen LogP contribution in [-0.4, -0.2) is 133 Å². The van der Waals surface area contributed by atoms with E-state index < -0.39 is 50.4 Å². The summed E-state index contributed by atoms with van der Waals surface area (Å²) in [4.78, 5) is 29.6. The molecule has 60 heavy (non-hydrogen) atoms. The van der Waals surface area contributed by atoms with E-state index in [0.717, 1.165) is 6.42 Å². The molecule has 4 rings (SSSR count). The van der Waals surface area contributed by atoms with Crippen molar-refractivity contribution >= 4 is 67.6 Å². The van der Waals surface area contributed by atoms with Crippen molar-refractivity contribution in [1.29, 1.82) is 0 Å². The summed E-state index contributed by atoms with van der Waals surface area (Å²) in [6.07, 6.45) is 1.45. The molecule has 0 aliphatic rings. The van der Waals surface area contributed by atoms with Crippen molar-refractivity contribution in [3.05, 3.63) is 65.2 Å². The molecule has 0 saturated heterocycles. The lowest BCUT2D eigenvalue weighted by Crippen LogP contribution is -2.38. The Morgan fingerprint density at radius 3 is 1.55 bits per heavy atom. The Morgan fingerprint density at radius 1 is 0.633 bits per heavy atom. The molecule has 0 aliphatic carbocycles. The SMILES string of the molecule is CCCc1nc(Nc2ccc(/C=C/c3ccc(Nc4nc(CCCS(=O)(=O)O)nc(N(CC(C)O)CC(C)O)n4)cc3)c(S(=O)(=O)O)c2)nc(N(CC(C)O)CC(C)O)n1. The summed E-state index contributed by atoms with van der Waals surface area (Å²) in [6, 6.07) is 11.2. The maximum Gasteiger partial charge on any atom is 0.295 e. The van der Waals surface area contributed by atoms with Crippen LogP contribution in [0.2, 0.25) is 0 Å². The Hall–Kier alpha value is -4.94. The lowest BCUT2D eigenvalue weighted by Gasteiger charge is -2.26. The van der Waals surface area contributed by atoms with Gasteiger partial charge in [0.15, 0.2) is 0 Å². The first-order chi connectivity index (χ1) is 28.2. The largest absolute Gasteiger partial charge is 0.392 e. The van der Waals surface area contributed by atoms with E-state index in [0.29, 0.717) is 23.5 Å². The van der Waals surface area contributed by atoms with Crippen LogP contribution in [0.1, 0.15) is 70.2 Å². The van der Waals surface area contributed by atoms with Crippen LogP contribution in [0.3, 0.4) is 0 Å². The van der Waals surface area contributed by atoms with Crippen molar-refractivity contribution in [2.45, 2.75) is 89.6 Å². The highest BCUT2D eigenvalue weighted by atomic mass is 32.2. The second-order valence-electron chi connectivity index (χ2n) is 14.5. The lowest BCUT2D eigenvalue weighted by atomic mass is 10.1. The number of nitrogens with zero attached hydrogens (tertiary/aromatic N) is 8. The highest BCUT2D eigenvalue weighted by Crippen LogP contribution is 2.26. The molecule has 2 aromatic heterocycles. The standard InChI is InChI=1S/C38H54N10O10S2/c1-6-8-33-41-36(46-37(43-33)47(20-24(2)49)21-25(3)50)40-31-17-14-29(32(19-31)60(56,57)58)13-10-28-11-15-30(16-12-28)39-35-42-34(9-7-18-59(53,54)55)44-38(45-35)48(22-26(4)51)23-27(5)52/h10-17,19,24-27,49-52H,6-9,18,20-23H2,1-5H3,(H,53,54,55)(H,56,57,58)(H,39,42,44,45)(H,40,41,43,46)/b13-10+. The summed E-state index contributed by atoms with van der Waals surface area (Å²) >= 11 is 0. The number of anilines is 6. The second kappa shape index (κ2) is 21.5. The van der Waals surface area contributed by atoms with Gasteiger partial charge in [0.1, 0.15) is 16.5 Å². The van der Waals surface area contributed by atoms with Crippen molar-refractivity contribution in [2.24, 2.45) is 0 Å². The van der Waals surface area contributed by atoms with Gasteiger partial charge in [-0.25, -0.2) is 0 Å². The maximum absolute atomic E-state index is 12.6. The minimum atomic E-state index is -4.71. The average Bonchev–Trinajstić information content (AvgIpc) is 3.12. The minimum absolute atomic E-state index is 0.0317. The van der Waals surface area contributed by atoms with E-state index in [4.69, 9.17) is 0 Å². The fourth-order valence-electron chi connectivity index (χ4n) is 5.92. The normalized spacial score (nSPS) is 14.1. The number of aliphatic hydroxyl groups is 4. The molecule has 0 bridgehead atoms. The zero-order chi connectivity index (χ0) is 44.2. The Morgan fingerprint density at radius 2 is 1.10 bits per heavy atom. The highest BCUT2D eigenvalue weighted by molar-refractivity contribution is 7.86. The molecule has 328 valence electrons. The predicted octanol–water partition coefficient (Wildman–Crippen LogP) is 2.87. The van der Waals surface area contributed by atoms with Crippen LogP contribution in [0, 0.1) is 0 Å². The van der Waals surface area contributed by atoms with Gasteiger partial charge in [-0.3, -0.25) is 9.11 Å². The molecule has 4 unspecified atom stereocenters. The second-order valence-corrected chi connectivity index (χ2v) is 17.5. The van der Waals surface area contributed by atoms with E-state index in [9.17, 15) is 46.4 Å². The molecule has 8 N–H and O–H groups in total.